The second kappa shape index (κ2) is 5.90. The van der Waals surface area contributed by atoms with Crippen LogP contribution in [-0.2, 0) is 9.59 Å². The predicted octanol–water partition coefficient (Wildman–Crippen LogP) is 0.796. The molecule has 1 heterocycles. The maximum atomic E-state index is 12.1. The molecular weight excluding hydrogens is 244 g/mol. The monoisotopic (exact) mass is 268 g/mol. The lowest BCUT2D eigenvalue weighted by Gasteiger charge is -2.36. The molecule has 1 aliphatic carbocycles. The Kier molecular flexibility index (Phi) is 4.45. The SMILES string of the molecule is NC(=O)C1(O)CCN(C(=O)CCC2CCCC2)CC1. The van der Waals surface area contributed by atoms with Crippen LogP contribution in [0.4, 0.5) is 0 Å². The summed E-state index contributed by atoms with van der Waals surface area (Å²) in [7, 11) is 0. The number of rotatable bonds is 4. The Labute approximate surface area is 114 Å². The number of piperidine rings is 1. The summed E-state index contributed by atoms with van der Waals surface area (Å²) in [6, 6.07) is 0. The van der Waals surface area contributed by atoms with Crippen molar-refractivity contribution in [2.24, 2.45) is 11.7 Å². The van der Waals surface area contributed by atoms with Crippen molar-refractivity contribution in [2.45, 2.75) is 57.0 Å². The second-order valence-corrected chi connectivity index (χ2v) is 5.97. The van der Waals surface area contributed by atoms with Crippen LogP contribution in [0.2, 0.25) is 0 Å². The van der Waals surface area contributed by atoms with Crippen molar-refractivity contribution >= 4 is 11.8 Å². The fraction of sp³-hybridized carbons (Fsp3) is 0.857. The van der Waals surface area contributed by atoms with Gasteiger partial charge in [-0.25, -0.2) is 0 Å². The number of nitrogens with two attached hydrogens (primary N) is 1. The first-order chi connectivity index (χ1) is 9.01. The molecule has 0 aromatic heterocycles. The first-order valence-corrected chi connectivity index (χ1v) is 7.31. The standard InChI is InChI=1S/C14H24N2O3/c15-13(18)14(19)7-9-16(10-8-14)12(17)6-5-11-3-1-2-4-11/h11,19H,1-10H2,(H2,15,18). The summed E-state index contributed by atoms with van der Waals surface area (Å²) in [6.45, 7) is 0.867. The van der Waals surface area contributed by atoms with Crippen LogP contribution in [0.5, 0.6) is 0 Å². The van der Waals surface area contributed by atoms with Gasteiger partial charge in [-0.15, -0.1) is 0 Å². The molecule has 0 atom stereocenters. The van der Waals surface area contributed by atoms with Crippen molar-refractivity contribution in [1.82, 2.24) is 4.90 Å². The van der Waals surface area contributed by atoms with Gasteiger partial charge in [0.25, 0.3) is 0 Å². The molecule has 3 N–H and O–H groups in total. The van der Waals surface area contributed by atoms with E-state index in [0.29, 0.717) is 19.5 Å². The molecule has 0 spiro atoms. The average Bonchev–Trinajstić information content (AvgIpc) is 2.90. The maximum Gasteiger partial charge on any atom is 0.249 e. The zero-order chi connectivity index (χ0) is 13.9. The Balaban J connectivity index is 1.74. The van der Waals surface area contributed by atoms with Crippen LogP contribution in [0.15, 0.2) is 0 Å². The van der Waals surface area contributed by atoms with Crippen molar-refractivity contribution in [1.29, 1.82) is 0 Å². The summed E-state index contributed by atoms with van der Waals surface area (Å²) in [5.41, 5.74) is 3.76. The number of likely N-dealkylation sites (tertiary alicyclic amines) is 1. The largest absolute Gasteiger partial charge is 0.380 e. The molecule has 2 amide bonds. The Morgan fingerprint density at radius 1 is 1.21 bits per heavy atom. The zero-order valence-electron chi connectivity index (χ0n) is 11.4. The van der Waals surface area contributed by atoms with Crippen molar-refractivity contribution in [2.75, 3.05) is 13.1 Å². The number of hydrogen-bond acceptors (Lipinski definition) is 3. The Morgan fingerprint density at radius 3 is 2.32 bits per heavy atom. The summed E-state index contributed by atoms with van der Waals surface area (Å²) >= 11 is 0. The highest BCUT2D eigenvalue weighted by molar-refractivity contribution is 5.84. The lowest BCUT2D eigenvalue weighted by Crippen LogP contribution is -2.53. The molecule has 0 aromatic carbocycles. The van der Waals surface area contributed by atoms with Crippen LogP contribution in [0.3, 0.4) is 0 Å². The highest BCUT2D eigenvalue weighted by Gasteiger charge is 2.38. The predicted molar refractivity (Wildman–Crippen MR) is 71.2 cm³/mol. The minimum Gasteiger partial charge on any atom is -0.380 e. The minimum absolute atomic E-state index is 0.151. The van der Waals surface area contributed by atoms with Crippen LogP contribution >= 0.6 is 0 Å². The van der Waals surface area contributed by atoms with Crippen LogP contribution in [0, 0.1) is 5.92 Å². The summed E-state index contributed by atoms with van der Waals surface area (Å²) in [5.74, 6) is 0.195. The number of primary amides is 1. The van der Waals surface area contributed by atoms with Crippen molar-refractivity contribution in [3.8, 4) is 0 Å². The number of carbonyl (C=O) groups is 2. The fourth-order valence-electron chi connectivity index (χ4n) is 3.16. The van der Waals surface area contributed by atoms with Gasteiger partial charge in [-0.1, -0.05) is 25.7 Å². The van der Waals surface area contributed by atoms with E-state index in [1.54, 1.807) is 4.90 Å². The molecule has 0 radical (unpaired) electrons. The average molecular weight is 268 g/mol. The Morgan fingerprint density at radius 2 is 1.79 bits per heavy atom. The molecular formula is C14H24N2O3. The highest BCUT2D eigenvalue weighted by Crippen LogP contribution is 2.29. The first-order valence-electron chi connectivity index (χ1n) is 7.31. The van der Waals surface area contributed by atoms with Gasteiger partial charge in [-0.3, -0.25) is 9.59 Å². The zero-order valence-corrected chi connectivity index (χ0v) is 11.4. The van der Waals surface area contributed by atoms with E-state index in [1.807, 2.05) is 0 Å². The number of hydrogen-bond donors (Lipinski definition) is 2. The van der Waals surface area contributed by atoms with Gasteiger partial charge in [0, 0.05) is 32.4 Å². The molecule has 1 saturated carbocycles. The van der Waals surface area contributed by atoms with Crippen LogP contribution in [0.25, 0.3) is 0 Å². The molecule has 0 aromatic rings. The van der Waals surface area contributed by atoms with Gasteiger partial charge in [-0.2, -0.15) is 0 Å². The van der Waals surface area contributed by atoms with Crippen molar-refractivity contribution < 1.29 is 14.7 Å². The van der Waals surface area contributed by atoms with Gasteiger partial charge in [0.1, 0.15) is 5.60 Å². The molecule has 5 heteroatoms. The number of nitrogens with zero attached hydrogens (tertiary/aromatic N) is 1. The van der Waals surface area contributed by atoms with Gasteiger partial charge in [-0.05, 0) is 12.3 Å². The van der Waals surface area contributed by atoms with E-state index < -0.39 is 11.5 Å². The van der Waals surface area contributed by atoms with E-state index in [4.69, 9.17) is 5.73 Å². The van der Waals surface area contributed by atoms with Crippen LogP contribution < -0.4 is 5.73 Å². The van der Waals surface area contributed by atoms with E-state index in [0.717, 1.165) is 12.3 Å². The lowest BCUT2D eigenvalue weighted by atomic mass is 9.90. The molecule has 1 saturated heterocycles. The third-order valence-corrected chi connectivity index (χ3v) is 4.64. The van der Waals surface area contributed by atoms with E-state index in [1.165, 1.54) is 25.7 Å². The van der Waals surface area contributed by atoms with Gasteiger partial charge in [0.2, 0.25) is 11.8 Å². The van der Waals surface area contributed by atoms with Gasteiger partial charge < -0.3 is 15.7 Å². The Hall–Kier alpha value is -1.10. The quantitative estimate of drug-likeness (QED) is 0.791. The number of aliphatic hydroxyl groups is 1. The van der Waals surface area contributed by atoms with Crippen LogP contribution in [0.1, 0.15) is 51.4 Å². The molecule has 2 aliphatic rings. The van der Waals surface area contributed by atoms with Gasteiger partial charge in [0.15, 0.2) is 0 Å². The molecule has 0 bridgehead atoms. The molecule has 108 valence electrons. The fourth-order valence-corrected chi connectivity index (χ4v) is 3.16. The Bertz CT molecular complexity index is 343. The molecule has 5 nitrogen and oxygen atoms in total. The summed E-state index contributed by atoms with van der Waals surface area (Å²) < 4.78 is 0. The molecule has 2 fully saturated rings. The van der Waals surface area contributed by atoms with Gasteiger partial charge in [0.05, 0.1) is 0 Å². The molecule has 19 heavy (non-hydrogen) atoms. The van der Waals surface area contributed by atoms with E-state index >= 15 is 0 Å². The minimum atomic E-state index is -1.41. The maximum absolute atomic E-state index is 12.1. The van der Waals surface area contributed by atoms with Crippen molar-refractivity contribution in [3.05, 3.63) is 0 Å². The first kappa shape index (κ1) is 14.3. The van der Waals surface area contributed by atoms with E-state index in [2.05, 4.69) is 0 Å². The topological polar surface area (TPSA) is 83.6 Å². The third kappa shape index (κ3) is 3.47. The highest BCUT2D eigenvalue weighted by atomic mass is 16.3. The third-order valence-electron chi connectivity index (χ3n) is 4.64. The number of carbonyl (C=O) groups excluding carboxylic acids is 2. The van der Waals surface area contributed by atoms with Crippen LogP contribution in [-0.4, -0.2) is 40.5 Å². The summed E-state index contributed by atoms with van der Waals surface area (Å²) in [4.78, 5) is 24.9. The number of amides is 2. The molecule has 0 unspecified atom stereocenters. The normalized spacial score (nSPS) is 23.5. The summed E-state index contributed by atoms with van der Waals surface area (Å²) in [5, 5.41) is 9.94. The molecule has 1 aliphatic heterocycles. The lowest BCUT2D eigenvalue weighted by molar-refractivity contribution is -0.147. The molecule has 2 rings (SSSR count). The smallest absolute Gasteiger partial charge is 0.249 e. The summed E-state index contributed by atoms with van der Waals surface area (Å²) in [6.07, 6.45) is 7.22. The van der Waals surface area contributed by atoms with Crippen molar-refractivity contribution in [3.63, 3.8) is 0 Å². The second-order valence-electron chi connectivity index (χ2n) is 5.97. The van der Waals surface area contributed by atoms with Gasteiger partial charge >= 0.3 is 0 Å². The van der Waals surface area contributed by atoms with E-state index in [-0.39, 0.29) is 18.7 Å². The van der Waals surface area contributed by atoms with E-state index in [9.17, 15) is 14.7 Å².